The fourth-order valence-corrected chi connectivity index (χ4v) is 3.03. The molecule has 2 heteroatoms. The molecule has 1 saturated carbocycles. The molecule has 1 rings (SSSR count). The Hall–Kier alpha value is -0.0800. The van der Waals surface area contributed by atoms with Crippen molar-refractivity contribution in [3.05, 3.63) is 0 Å². The smallest absolute Gasteiger partial charge is 0.0448 e. The van der Waals surface area contributed by atoms with E-state index in [1.54, 1.807) is 0 Å². The van der Waals surface area contributed by atoms with Crippen LogP contribution >= 0.6 is 0 Å². The van der Waals surface area contributed by atoms with E-state index in [0.29, 0.717) is 6.61 Å². The Morgan fingerprint density at radius 2 is 1.93 bits per heavy atom. The molecule has 0 saturated heterocycles. The lowest BCUT2D eigenvalue weighted by Gasteiger charge is -2.41. The molecule has 0 unspecified atom stereocenters. The van der Waals surface area contributed by atoms with Gasteiger partial charge in [-0.25, -0.2) is 0 Å². The first kappa shape index (κ1) is 13.0. The predicted molar refractivity (Wildman–Crippen MR) is 65.0 cm³/mol. The van der Waals surface area contributed by atoms with Gasteiger partial charge in [0.25, 0.3) is 0 Å². The Kier molecular flexibility index (Phi) is 5.62. The molecule has 1 aliphatic rings. The minimum Gasteiger partial charge on any atom is -0.396 e. The van der Waals surface area contributed by atoms with Crippen LogP contribution < -0.4 is 5.32 Å². The van der Waals surface area contributed by atoms with Gasteiger partial charge in [-0.15, -0.1) is 0 Å². The fraction of sp³-hybridized carbons (Fsp3) is 1.00. The Morgan fingerprint density at radius 3 is 2.40 bits per heavy atom. The van der Waals surface area contributed by atoms with Gasteiger partial charge in [-0.1, -0.05) is 26.7 Å². The van der Waals surface area contributed by atoms with Crippen LogP contribution in [0.4, 0.5) is 0 Å². The van der Waals surface area contributed by atoms with E-state index >= 15 is 0 Å². The van der Waals surface area contributed by atoms with Crippen LogP contribution in [0, 0.1) is 5.92 Å². The van der Waals surface area contributed by atoms with Crippen molar-refractivity contribution in [2.24, 2.45) is 5.92 Å². The molecule has 0 aromatic heterocycles. The lowest BCUT2D eigenvalue weighted by atomic mass is 9.73. The third kappa shape index (κ3) is 3.76. The standard InChI is InChI=1S/C13H27NO/c1-3-5-12-6-8-13(9-7-12,10-11-15)14-4-2/h12,14-15H,3-11H2,1-2H3. The number of rotatable bonds is 6. The maximum Gasteiger partial charge on any atom is 0.0448 e. The van der Waals surface area contributed by atoms with Crippen molar-refractivity contribution in [2.75, 3.05) is 13.2 Å². The molecule has 0 aliphatic heterocycles. The van der Waals surface area contributed by atoms with Crippen molar-refractivity contribution in [1.29, 1.82) is 0 Å². The van der Waals surface area contributed by atoms with Gasteiger partial charge in [-0.3, -0.25) is 0 Å². The molecule has 0 heterocycles. The van der Waals surface area contributed by atoms with Crippen molar-refractivity contribution in [3.63, 3.8) is 0 Å². The van der Waals surface area contributed by atoms with E-state index in [-0.39, 0.29) is 5.54 Å². The van der Waals surface area contributed by atoms with E-state index < -0.39 is 0 Å². The van der Waals surface area contributed by atoms with E-state index in [9.17, 15) is 0 Å². The summed E-state index contributed by atoms with van der Waals surface area (Å²) < 4.78 is 0. The van der Waals surface area contributed by atoms with Crippen molar-refractivity contribution >= 4 is 0 Å². The van der Waals surface area contributed by atoms with Gasteiger partial charge in [0.15, 0.2) is 0 Å². The second-order valence-electron chi connectivity index (χ2n) is 5.02. The number of hydrogen-bond donors (Lipinski definition) is 2. The molecule has 0 spiro atoms. The molecule has 0 bridgehead atoms. The second-order valence-corrected chi connectivity index (χ2v) is 5.02. The second kappa shape index (κ2) is 6.49. The van der Waals surface area contributed by atoms with Gasteiger partial charge in [-0.05, 0) is 44.6 Å². The zero-order valence-corrected chi connectivity index (χ0v) is 10.4. The lowest BCUT2D eigenvalue weighted by Crippen LogP contribution is -2.48. The van der Waals surface area contributed by atoms with Gasteiger partial charge >= 0.3 is 0 Å². The summed E-state index contributed by atoms with van der Waals surface area (Å²) in [6.07, 6.45) is 8.85. The third-order valence-electron chi connectivity index (χ3n) is 3.90. The minimum atomic E-state index is 0.258. The van der Waals surface area contributed by atoms with Gasteiger partial charge in [0.1, 0.15) is 0 Å². The topological polar surface area (TPSA) is 32.3 Å². The molecule has 0 aromatic rings. The van der Waals surface area contributed by atoms with Crippen LogP contribution in [0.3, 0.4) is 0 Å². The van der Waals surface area contributed by atoms with E-state index in [4.69, 9.17) is 5.11 Å². The number of hydrogen-bond acceptors (Lipinski definition) is 2. The summed E-state index contributed by atoms with van der Waals surface area (Å²) in [5, 5.41) is 12.7. The normalized spacial score (nSPS) is 31.8. The van der Waals surface area contributed by atoms with E-state index in [0.717, 1.165) is 18.9 Å². The molecule has 90 valence electrons. The highest BCUT2D eigenvalue weighted by atomic mass is 16.3. The highest BCUT2D eigenvalue weighted by Gasteiger charge is 2.33. The fourth-order valence-electron chi connectivity index (χ4n) is 3.03. The Labute approximate surface area is 94.5 Å². The lowest BCUT2D eigenvalue weighted by molar-refractivity contribution is 0.140. The molecule has 0 radical (unpaired) electrons. The first-order chi connectivity index (χ1) is 7.26. The van der Waals surface area contributed by atoms with Crippen LogP contribution in [0.1, 0.15) is 58.8 Å². The molecule has 2 nitrogen and oxygen atoms in total. The SMILES string of the molecule is CCCC1CCC(CCO)(NCC)CC1. The maximum absolute atomic E-state index is 9.14. The predicted octanol–water partition coefficient (Wildman–Crippen LogP) is 2.71. The van der Waals surface area contributed by atoms with Crippen LogP contribution in [0.2, 0.25) is 0 Å². The maximum atomic E-state index is 9.14. The van der Waals surface area contributed by atoms with E-state index in [1.807, 2.05) is 0 Å². The molecular formula is C13H27NO. The number of aliphatic hydroxyl groups excluding tert-OH is 1. The first-order valence-corrected chi connectivity index (χ1v) is 6.62. The minimum absolute atomic E-state index is 0.258. The molecule has 0 atom stereocenters. The summed E-state index contributed by atoms with van der Waals surface area (Å²) in [4.78, 5) is 0. The quantitative estimate of drug-likeness (QED) is 0.711. The van der Waals surface area contributed by atoms with Gasteiger partial charge in [-0.2, -0.15) is 0 Å². The first-order valence-electron chi connectivity index (χ1n) is 6.62. The summed E-state index contributed by atoms with van der Waals surface area (Å²) in [6.45, 7) is 5.79. The van der Waals surface area contributed by atoms with Crippen LogP contribution in [-0.2, 0) is 0 Å². The molecular weight excluding hydrogens is 186 g/mol. The highest BCUT2D eigenvalue weighted by Crippen LogP contribution is 2.36. The van der Waals surface area contributed by atoms with Gasteiger partial charge in [0.2, 0.25) is 0 Å². The van der Waals surface area contributed by atoms with Gasteiger partial charge in [0.05, 0.1) is 0 Å². The summed E-state index contributed by atoms with van der Waals surface area (Å²) in [6, 6.07) is 0. The summed E-state index contributed by atoms with van der Waals surface area (Å²) in [5.74, 6) is 0.945. The molecule has 2 N–H and O–H groups in total. The van der Waals surface area contributed by atoms with Crippen molar-refractivity contribution in [3.8, 4) is 0 Å². The average Bonchev–Trinajstić information content (AvgIpc) is 2.23. The Morgan fingerprint density at radius 1 is 1.27 bits per heavy atom. The van der Waals surface area contributed by atoms with Gasteiger partial charge in [0, 0.05) is 12.1 Å². The zero-order valence-electron chi connectivity index (χ0n) is 10.4. The Balaban J connectivity index is 2.41. The largest absolute Gasteiger partial charge is 0.396 e. The van der Waals surface area contributed by atoms with Crippen LogP contribution in [0.25, 0.3) is 0 Å². The molecule has 1 aliphatic carbocycles. The average molecular weight is 213 g/mol. The summed E-state index contributed by atoms with van der Waals surface area (Å²) in [5.41, 5.74) is 0.258. The molecule has 15 heavy (non-hydrogen) atoms. The monoisotopic (exact) mass is 213 g/mol. The summed E-state index contributed by atoms with van der Waals surface area (Å²) in [7, 11) is 0. The van der Waals surface area contributed by atoms with E-state index in [1.165, 1.54) is 38.5 Å². The third-order valence-corrected chi connectivity index (χ3v) is 3.90. The molecule has 0 aromatic carbocycles. The van der Waals surface area contributed by atoms with E-state index in [2.05, 4.69) is 19.2 Å². The van der Waals surface area contributed by atoms with Gasteiger partial charge < -0.3 is 10.4 Å². The Bertz CT molecular complexity index is 154. The van der Waals surface area contributed by atoms with Crippen molar-refractivity contribution in [1.82, 2.24) is 5.32 Å². The molecule has 1 fully saturated rings. The van der Waals surface area contributed by atoms with Crippen LogP contribution in [0.15, 0.2) is 0 Å². The van der Waals surface area contributed by atoms with Crippen molar-refractivity contribution < 1.29 is 5.11 Å². The summed E-state index contributed by atoms with van der Waals surface area (Å²) >= 11 is 0. The number of nitrogens with one attached hydrogen (secondary N) is 1. The van der Waals surface area contributed by atoms with Crippen LogP contribution in [-0.4, -0.2) is 23.8 Å². The van der Waals surface area contributed by atoms with Crippen LogP contribution in [0.5, 0.6) is 0 Å². The number of aliphatic hydroxyl groups is 1. The van der Waals surface area contributed by atoms with Crippen molar-refractivity contribution in [2.45, 2.75) is 64.3 Å². The highest BCUT2D eigenvalue weighted by molar-refractivity contribution is 4.92. The zero-order chi connectivity index (χ0) is 11.1. The molecule has 0 amide bonds.